The van der Waals surface area contributed by atoms with E-state index in [1.807, 2.05) is 0 Å². The average molecular weight is 325 g/mol. The Morgan fingerprint density at radius 2 is 1.78 bits per heavy atom. The lowest BCUT2D eigenvalue weighted by Crippen LogP contribution is -2.29. The molecule has 1 aromatic rings. The van der Waals surface area contributed by atoms with Crippen molar-refractivity contribution in [3.8, 4) is 0 Å². The van der Waals surface area contributed by atoms with Crippen molar-refractivity contribution >= 4 is 17.4 Å². The summed E-state index contributed by atoms with van der Waals surface area (Å²) in [5.74, 6) is -1.27. The second kappa shape index (κ2) is 8.70. The monoisotopic (exact) mass is 325 g/mol. The zero-order chi connectivity index (χ0) is 16.7. The Hall–Kier alpha value is -1.85. The van der Waals surface area contributed by atoms with Crippen molar-refractivity contribution < 1.29 is 13.6 Å². The molecule has 0 saturated carbocycles. The first kappa shape index (κ1) is 17.5. The lowest BCUT2D eigenvalue weighted by atomic mass is 10.2. The Labute approximate surface area is 136 Å². The molecule has 128 valence electrons. The van der Waals surface area contributed by atoms with E-state index in [0.717, 1.165) is 38.5 Å². The summed E-state index contributed by atoms with van der Waals surface area (Å²) in [6.07, 6.45) is 6.12. The number of anilines is 2. The maximum absolute atomic E-state index is 14.2. The van der Waals surface area contributed by atoms with E-state index in [4.69, 9.17) is 0 Å². The van der Waals surface area contributed by atoms with Crippen LogP contribution in [0.3, 0.4) is 0 Å². The van der Waals surface area contributed by atoms with E-state index in [0.29, 0.717) is 19.6 Å². The van der Waals surface area contributed by atoms with E-state index >= 15 is 0 Å². The molecule has 1 aliphatic rings. The van der Waals surface area contributed by atoms with Gasteiger partial charge in [-0.2, -0.15) is 0 Å². The van der Waals surface area contributed by atoms with Crippen LogP contribution in [0, 0.1) is 11.6 Å². The van der Waals surface area contributed by atoms with Crippen LogP contribution in [-0.4, -0.2) is 25.7 Å². The van der Waals surface area contributed by atoms with Gasteiger partial charge in [-0.15, -0.1) is 0 Å². The molecule has 0 unspecified atom stereocenters. The van der Waals surface area contributed by atoms with E-state index in [1.165, 1.54) is 12.1 Å². The van der Waals surface area contributed by atoms with Crippen LogP contribution in [0.15, 0.2) is 12.1 Å². The van der Waals surface area contributed by atoms with Gasteiger partial charge in [0.25, 0.3) is 0 Å². The minimum absolute atomic E-state index is 0.00743. The highest BCUT2D eigenvalue weighted by molar-refractivity contribution is 5.89. The molecule has 2 rings (SSSR count). The molecule has 1 fully saturated rings. The van der Waals surface area contributed by atoms with Crippen LogP contribution in [0.25, 0.3) is 0 Å². The van der Waals surface area contributed by atoms with Crippen LogP contribution in [0.1, 0.15) is 45.4 Å². The zero-order valence-corrected chi connectivity index (χ0v) is 13.6. The van der Waals surface area contributed by atoms with E-state index in [1.54, 1.807) is 4.90 Å². The lowest BCUT2D eigenvalue weighted by Gasteiger charge is -2.20. The SMILES string of the molecule is CCCCCCNC(=O)Nc1cc(F)c(N2CCCC2)c(F)c1. The molecule has 0 aromatic heterocycles. The molecule has 4 nitrogen and oxygen atoms in total. The van der Waals surface area contributed by atoms with E-state index in [9.17, 15) is 13.6 Å². The van der Waals surface area contributed by atoms with Crippen LogP contribution in [-0.2, 0) is 0 Å². The quantitative estimate of drug-likeness (QED) is 0.736. The van der Waals surface area contributed by atoms with Crippen molar-refractivity contribution in [2.75, 3.05) is 29.9 Å². The summed E-state index contributed by atoms with van der Waals surface area (Å²) in [7, 11) is 0. The summed E-state index contributed by atoms with van der Waals surface area (Å²) >= 11 is 0. The Morgan fingerprint density at radius 3 is 2.39 bits per heavy atom. The van der Waals surface area contributed by atoms with Crippen LogP contribution < -0.4 is 15.5 Å². The topological polar surface area (TPSA) is 44.4 Å². The molecule has 1 saturated heterocycles. The van der Waals surface area contributed by atoms with Crippen molar-refractivity contribution in [2.45, 2.75) is 45.4 Å². The van der Waals surface area contributed by atoms with Crippen LogP contribution in [0.2, 0.25) is 0 Å². The summed E-state index contributed by atoms with van der Waals surface area (Å²) < 4.78 is 28.3. The van der Waals surface area contributed by atoms with Gasteiger partial charge in [-0.05, 0) is 31.4 Å². The Kier molecular flexibility index (Phi) is 6.62. The number of hydrogen-bond donors (Lipinski definition) is 2. The number of benzene rings is 1. The molecule has 1 aliphatic heterocycles. The van der Waals surface area contributed by atoms with Gasteiger partial charge in [0, 0.05) is 25.3 Å². The van der Waals surface area contributed by atoms with E-state index in [2.05, 4.69) is 17.6 Å². The molecule has 1 aromatic carbocycles. The molecule has 23 heavy (non-hydrogen) atoms. The highest BCUT2D eigenvalue weighted by atomic mass is 19.1. The molecule has 1 heterocycles. The zero-order valence-electron chi connectivity index (χ0n) is 13.6. The summed E-state index contributed by atoms with van der Waals surface area (Å²) in [6, 6.07) is 1.91. The van der Waals surface area contributed by atoms with Crippen LogP contribution in [0.4, 0.5) is 25.0 Å². The number of nitrogens with one attached hydrogen (secondary N) is 2. The smallest absolute Gasteiger partial charge is 0.319 e. The third kappa shape index (κ3) is 5.08. The van der Waals surface area contributed by atoms with Crippen molar-refractivity contribution in [3.05, 3.63) is 23.8 Å². The fourth-order valence-corrected chi connectivity index (χ4v) is 2.81. The van der Waals surface area contributed by atoms with Gasteiger partial charge in [-0.3, -0.25) is 0 Å². The van der Waals surface area contributed by atoms with Gasteiger partial charge in [-0.25, -0.2) is 13.6 Å². The van der Waals surface area contributed by atoms with Gasteiger partial charge in [0.2, 0.25) is 0 Å². The number of nitrogens with zero attached hydrogens (tertiary/aromatic N) is 1. The van der Waals surface area contributed by atoms with Gasteiger partial charge >= 0.3 is 6.03 Å². The number of unbranched alkanes of at least 4 members (excludes halogenated alkanes) is 3. The second-order valence-electron chi connectivity index (χ2n) is 5.92. The normalized spacial score (nSPS) is 14.1. The first-order valence-electron chi connectivity index (χ1n) is 8.40. The van der Waals surface area contributed by atoms with Crippen LogP contribution >= 0.6 is 0 Å². The van der Waals surface area contributed by atoms with E-state index < -0.39 is 17.7 Å². The predicted octanol–water partition coefficient (Wildman–Crippen LogP) is 4.27. The summed E-state index contributed by atoms with van der Waals surface area (Å²) in [4.78, 5) is 13.4. The molecule has 0 spiro atoms. The van der Waals surface area contributed by atoms with Crippen molar-refractivity contribution in [1.29, 1.82) is 0 Å². The van der Waals surface area contributed by atoms with Gasteiger partial charge in [-0.1, -0.05) is 26.2 Å². The largest absolute Gasteiger partial charge is 0.367 e. The minimum Gasteiger partial charge on any atom is -0.367 e. The summed E-state index contributed by atoms with van der Waals surface area (Å²) in [5.41, 5.74) is 0.141. The summed E-state index contributed by atoms with van der Waals surface area (Å²) in [5, 5.41) is 5.18. The van der Waals surface area contributed by atoms with Gasteiger partial charge < -0.3 is 15.5 Å². The number of carbonyl (C=O) groups excluding carboxylic acids is 1. The number of rotatable bonds is 7. The summed E-state index contributed by atoms with van der Waals surface area (Å²) in [6.45, 7) is 4.01. The number of hydrogen-bond acceptors (Lipinski definition) is 2. The Bertz CT molecular complexity index is 508. The molecule has 0 radical (unpaired) electrons. The highest BCUT2D eigenvalue weighted by Gasteiger charge is 2.21. The van der Waals surface area contributed by atoms with E-state index in [-0.39, 0.29) is 11.4 Å². The Morgan fingerprint density at radius 1 is 1.13 bits per heavy atom. The van der Waals surface area contributed by atoms with Gasteiger partial charge in [0.15, 0.2) is 11.6 Å². The van der Waals surface area contributed by atoms with Crippen molar-refractivity contribution in [3.63, 3.8) is 0 Å². The molecule has 0 aliphatic carbocycles. The molecule has 2 amide bonds. The lowest BCUT2D eigenvalue weighted by molar-refractivity contribution is 0.252. The predicted molar refractivity (Wildman–Crippen MR) is 89.0 cm³/mol. The number of amides is 2. The number of urea groups is 1. The van der Waals surface area contributed by atoms with Gasteiger partial charge in [0.1, 0.15) is 5.69 Å². The maximum atomic E-state index is 14.2. The third-order valence-electron chi connectivity index (χ3n) is 4.01. The van der Waals surface area contributed by atoms with Crippen molar-refractivity contribution in [2.24, 2.45) is 0 Å². The first-order chi connectivity index (χ1) is 11.1. The molecule has 2 N–H and O–H groups in total. The second-order valence-corrected chi connectivity index (χ2v) is 5.92. The minimum atomic E-state index is -0.634. The third-order valence-corrected chi connectivity index (χ3v) is 4.01. The fourth-order valence-electron chi connectivity index (χ4n) is 2.81. The van der Waals surface area contributed by atoms with Gasteiger partial charge in [0.05, 0.1) is 0 Å². The first-order valence-corrected chi connectivity index (χ1v) is 8.40. The van der Waals surface area contributed by atoms with Crippen LogP contribution in [0.5, 0.6) is 0 Å². The van der Waals surface area contributed by atoms with Crippen molar-refractivity contribution in [1.82, 2.24) is 5.32 Å². The fraction of sp³-hybridized carbons (Fsp3) is 0.588. The molecule has 0 bridgehead atoms. The molecular weight excluding hydrogens is 300 g/mol. The highest BCUT2D eigenvalue weighted by Crippen LogP contribution is 2.29. The number of carbonyl (C=O) groups is 1. The maximum Gasteiger partial charge on any atom is 0.319 e. The number of halogens is 2. The average Bonchev–Trinajstić information content (AvgIpc) is 3.00. The standard InChI is InChI=1S/C17H25F2N3O/c1-2-3-4-5-8-20-17(23)21-13-11-14(18)16(15(19)12-13)22-9-6-7-10-22/h11-12H,2-10H2,1H3,(H2,20,21,23). The molecule has 6 heteroatoms. The molecule has 0 atom stereocenters. The molecular formula is C17H25F2N3O. The Balaban J connectivity index is 1.89.